The first-order valence-corrected chi connectivity index (χ1v) is 24.1. The summed E-state index contributed by atoms with van der Waals surface area (Å²) in [7, 11) is 6.22. The maximum atomic E-state index is 13.5. The lowest BCUT2D eigenvalue weighted by Gasteiger charge is -2.36. The Balaban J connectivity index is 1.03. The fraction of sp³-hybridized carbons (Fsp3) is 0.328. The molecule has 7 rings (SSSR count). The average molecular weight is 1030 g/mol. The summed E-state index contributed by atoms with van der Waals surface area (Å²) in [5.41, 5.74) is -0.178. The van der Waals surface area contributed by atoms with Crippen LogP contribution in [0.25, 0.3) is 26.3 Å². The van der Waals surface area contributed by atoms with E-state index in [4.69, 9.17) is 18.9 Å². The topological polar surface area (TPSA) is 216 Å². The molecule has 0 bridgehead atoms. The minimum absolute atomic E-state index is 0.0497. The molecule has 17 heteroatoms. The van der Waals surface area contributed by atoms with Gasteiger partial charge in [0, 0.05) is 150 Å². The Kier molecular flexibility index (Phi) is 14.6. The molecule has 0 atom stereocenters. The lowest BCUT2D eigenvalue weighted by molar-refractivity contribution is -0.132. The standard InChI is InChI=1S/C58H64N4O13/c1-31-33(3)51(67)47(35(5)49(31)65)56(7,8)29-45(63)59(11)23-25-61(13)54(70)72-37-19-21-41-43(27-37)74-44-28-38(20-22-42(44)58(41)40-18-16-15-17-39(40)53(69)75-58)73-55(71)62(14)26-24-60(12)46(64)30-57(9,10)48-36(6)50(66)32(2)34(4)52(48)68/h15-22,27-28,65-68H,3-6,23-26,29-30H2,1-2,7-14H3. The van der Waals surface area contributed by atoms with Gasteiger partial charge in [-0.25, -0.2) is 14.4 Å². The van der Waals surface area contributed by atoms with Gasteiger partial charge in [-0.3, -0.25) is 9.59 Å². The Bertz CT molecular complexity index is 3230. The van der Waals surface area contributed by atoms with Gasteiger partial charge in [0.1, 0.15) is 46.0 Å². The van der Waals surface area contributed by atoms with Crippen LogP contribution >= 0.6 is 0 Å². The van der Waals surface area contributed by atoms with Crippen LogP contribution in [0.3, 0.4) is 0 Å². The van der Waals surface area contributed by atoms with Crippen molar-refractivity contribution in [1.29, 1.82) is 0 Å². The van der Waals surface area contributed by atoms with Gasteiger partial charge in [0.15, 0.2) is 5.60 Å². The molecular formula is C58H64N4O13. The Morgan fingerprint density at radius 1 is 0.560 bits per heavy atom. The number of benzene rings is 5. The van der Waals surface area contributed by atoms with Crippen LogP contribution in [0, 0.1) is 13.8 Å². The number of hydrogen-bond donors (Lipinski definition) is 4. The van der Waals surface area contributed by atoms with Gasteiger partial charge in [0.25, 0.3) is 0 Å². The molecule has 4 amide bonds. The molecule has 2 aliphatic heterocycles. The molecular weight excluding hydrogens is 961 g/mol. The van der Waals surface area contributed by atoms with Crippen LogP contribution in [-0.2, 0) is 30.8 Å². The molecule has 0 fully saturated rings. The number of carbonyl (C=O) groups excluding carboxylic acids is 5. The van der Waals surface area contributed by atoms with Gasteiger partial charge >= 0.3 is 18.2 Å². The number of likely N-dealkylation sites (N-methyl/N-ethyl adjacent to an activating group) is 4. The van der Waals surface area contributed by atoms with Crippen molar-refractivity contribution < 1.29 is 63.3 Å². The first kappa shape index (κ1) is 54.3. The molecule has 5 aromatic carbocycles. The molecule has 0 saturated carbocycles. The third-order valence-corrected chi connectivity index (χ3v) is 14.5. The lowest BCUT2D eigenvalue weighted by Crippen LogP contribution is -2.41. The molecule has 0 saturated heterocycles. The van der Waals surface area contributed by atoms with Gasteiger partial charge in [-0.05, 0) is 44.2 Å². The SMILES string of the molecule is C=c1c(C)c(O)c(=C)c(C(C)(C)CC(=O)N(C)CCN(C)C(=O)Oc2ccc3c(c2)Oc2cc(OC(=O)N(C)CCN(C)C(=O)CC(C)(C)c4c(O)c(=C)c(C)c(O)c4=C)ccc2C32OC(=O)c3ccccc32)c1O. The van der Waals surface area contributed by atoms with Crippen molar-refractivity contribution in [3.63, 3.8) is 0 Å². The van der Waals surface area contributed by atoms with Crippen molar-refractivity contribution in [3.8, 4) is 46.0 Å². The predicted molar refractivity (Wildman–Crippen MR) is 282 cm³/mol. The number of rotatable bonds is 14. The Labute approximate surface area is 435 Å². The van der Waals surface area contributed by atoms with E-state index in [2.05, 4.69) is 26.3 Å². The highest BCUT2D eigenvalue weighted by Crippen LogP contribution is 2.57. The maximum absolute atomic E-state index is 13.5. The Morgan fingerprint density at radius 3 is 1.36 bits per heavy atom. The molecule has 17 nitrogen and oxygen atoms in total. The second-order valence-electron chi connectivity index (χ2n) is 20.7. The van der Waals surface area contributed by atoms with Gasteiger partial charge in [-0.1, -0.05) is 72.2 Å². The minimum Gasteiger partial charge on any atom is -0.507 e. The summed E-state index contributed by atoms with van der Waals surface area (Å²) in [4.78, 5) is 73.0. The number of phenolic OH excluding ortho intramolecular Hbond substituents is 4. The molecule has 0 aromatic heterocycles. The minimum atomic E-state index is -1.50. The lowest BCUT2D eigenvalue weighted by atomic mass is 9.77. The molecule has 0 unspecified atom stereocenters. The molecule has 0 aliphatic carbocycles. The van der Waals surface area contributed by atoms with E-state index in [9.17, 15) is 44.4 Å². The van der Waals surface area contributed by atoms with Gasteiger partial charge < -0.3 is 59.0 Å². The van der Waals surface area contributed by atoms with Crippen LogP contribution in [-0.4, -0.2) is 124 Å². The van der Waals surface area contributed by atoms with E-state index in [0.717, 1.165) is 0 Å². The van der Waals surface area contributed by atoms with Crippen molar-refractivity contribution >= 4 is 56.3 Å². The van der Waals surface area contributed by atoms with E-state index in [1.165, 1.54) is 45.8 Å². The molecule has 75 heavy (non-hydrogen) atoms. The summed E-state index contributed by atoms with van der Waals surface area (Å²) in [5, 5.41) is 44.1. The highest BCUT2D eigenvalue weighted by molar-refractivity contribution is 5.97. The summed E-state index contributed by atoms with van der Waals surface area (Å²) in [6.07, 6.45) is -1.59. The summed E-state index contributed by atoms with van der Waals surface area (Å²) >= 11 is 0. The van der Waals surface area contributed by atoms with Crippen LogP contribution in [0.5, 0.6) is 46.0 Å². The van der Waals surface area contributed by atoms with E-state index in [0.29, 0.717) is 44.5 Å². The van der Waals surface area contributed by atoms with Crippen LogP contribution in [0.2, 0.25) is 0 Å². The number of fused-ring (bicyclic) bond motifs is 6. The molecule has 4 N–H and O–H groups in total. The number of carbonyl (C=O) groups is 5. The third kappa shape index (κ3) is 9.89. The molecule has 0 radical (unpaired) electrons. The van der Waals surface area contributed by atoms with E-state index in [-0.39, 0.29) is 118 Å². The summed E-state index contributed by atoms with van der Waals surface area (Å²) in [6.45, 7) is 26.3. The number of ether oxygens (including phenoxy) is 4. The molecule has 2 aliphatic rings. The largest absolute Gasteiger partial charge is 0.507 e. The third-order valence-electron chi connectivity index (χ3n) is 14.5. The first-order chi connectivity index (χ1) is 35.0. The maximum Gasteiger partial charge on any atom is 0.415 e. The van der Waals surface area contributed by atoms with Crippen molar-refractivity contribution in [2.75, 3.05) is 54.4 Å². The van der Waals surface area contributed by atoms with E-state index >= 15 is 0 Å². The molecule has 394 valence electrons. The number of nitrogens with zero attached hydrogens (tertiary/aromatic N) is 4. The van der Waals surface area contributed by atoms with E-state index in [1.807, 2.05) is 0 Å². The van der Waals surface area contributed by atoms with Crippen molar-refractivity contribution in [2.45, 2.75) is 70.8 Å². The van der Waals surface area contributed by atoms with Gasteiger partial charge in [0.2, 0.25) is 11.8 Å². The van der Waals surface area contributed by atoms with Crippen LogP contribution in [0.15, 0.2) is 60.7 Å². The predicted octanol–water partition coefficient (Wildman–Crippen LogP) is 5.85. The zero-order valence-corrected chi connectivity index (χ0v) is 44.1. The Morgan fingerprint density at radius 2 is 0.947 bits per heavy atom. The van der Waals surface area contributed by atoms with Gasteiger partial charge in [-0.15, -0.1) is 0 Å². The zero-order valence-electron chi connectivity index (χ0n) is 44.1. The summed E-state index contributed by atoms with van der Waals surface area (Å²) in [6, 6.07) is 16.3. The number of phenols is 4. The fourth-order valence-electron chi connectivity index (χ4n) is 9.73. The van der Waals surface area contributed by atoms with Gasteiger partial charge in [0.05, 0.1) is 5.56 Å². The van der Waals surface area contributed by atoms with Crippen LogP contribution in [0.4, 0.5) is 9.59 Å². The zero-order chi connectivity index (χ0) is 55.4. The summed E-state index contributed by atoms with van der Waals surface area (Å²) < 4.78 is 24.3. The monoisotopic (exact) mass is 1020 g/mol. The highest BCUT2D eigenvalue weighted by Gasteiger charge is 2.53. The molecule has 5 aromatic rings. The van der Waals surface area contributed by atoms with E-state index < -0.39 is 34.6 Å². The molecule has 2 heterocycles. The van der Waals surface area contributed by atoms with Crippen molar-refractivity contribution in [3.05, 3.63) is 126 Å². The quantitative estimate of drug-likeness (QED) is 0.0760. The Hall–Kier alpha value is -8.47. The number of amides is 4. The number of aromatic hydroxyl groups is 4. The average Bonchev–Trinajstić information content (AvgIpc) is 3.65. The number of hydrogen-bond acceptors (Lipinski definition) is 13. The fourth-order valence-corrected chi connectivity index (χ4v) is 9.73. The van der Waals surface area contributed by atoms with Crippen molar-refractivity contribution in [1.82, 2.24) is 19.6 Å². The van der Waals surface area contributed by atoms with Gasteiger partial charge in [-0.2, -0.15) is 0 Å². The van der Waals surface area contributed by atoms with Crippen molar-refractivity contribution in [2.24, 2.45) is 0 Å². The van der Waals surface area contributed by atoms with Crippen LogP contribution < -0.4 is 35.1 Å². The number of esters is 1. The highest BCUT2D eigenvalue weighted by atomic mass is 16.6. The summed E-state index contributed by atoms with van der Waals surface area (Å²) in [5.74, 6) is -1.06. The smallest absolute Gasteiger partial charge is 0.415 e. The first-order valence-electron chi connectivity index (χ1n) is 24.1. The van der Waals surface area contributed by atoms with Crippen LogP contribution in [0.1, 0.15) is 89.8 Å². The van der Waals surface area contributed by atoms with E-state index in [1.54, 1.807) is 104 Å². The second-order valence-corrected chi connectivity index (χ2v) is 20.7. The molecule has 1 spiro atoms. The second kappa shape index (κ2) is 20.1. The normalized spacial score (nSPS) is 13.2.